The number of hydrogen-bond acceptors (Lipinski definition) is 5. The smallest absolute Gasteiger partial charge is 0.168 e. The second-order valence-corrected chi connectivity index (χ2v) is 5.46. The maximum absolute atomic E-state index is 5.83. The Morgan fingerprint density at radius 3 is 3.11 bits per heavy atom. The van der Waals surface area contributed by atoms with Crippen LogP contribution in [0.3, 0.4) is 0 Å². The highest BCUT2D eigenvalue weighted by molar-refractivity contribution is 5.89. The van der Waals surface area contributed by atoms with E-state index >= 15 is 0 Å². The fourth-order valence-corrected chi connectivity index (χ4v) is 2.49. The van der Waals surface area contributed by atoms with E-state index in [0.29, 0.717) is 6.61 Å². The Morgan fingerprint density at radius 1 is 1.32 bits per heavy atom. The molecule has 0 bridgehead atoms. The van der Waals surface area contributed by atoms with Gasteiger partial charge in [-0.3, -0.25) is 0 Å². The summed E-state index contributed by atoms with van der Waals surface area (Å²) in [6.07, 6.45) is 3.97. The Bertz CT molecular complexity index is 792. The van der Waals surface area contributed by atoms with Gasteiger partial charge in [-0.25, -0.2) is 19.5 Å². The zero-order chi connectivity index (χ0) is 13.0. The topological polar surface area (TPSA) is 65.2 Å². The monoisotopic (exact) mass is 255 g/mol. The van der Waals surface area contributed by atoms with Gasteiger partial charge >= 0.3 is 0 Å². The Labute approximate surface area is 109 Å². The van der Waals surface area contributed by atoms with Crippen LogP contribution in [0, 0.1) is 0 Å². The van der Waals surface area contributed by atoms with Gasteiger partial charge in [-0.2, -0.15) is 5.10 Å². The first-order chi connectivity index (χ1) is 9.12. The Hall–Kier alpha value is -2.08. The quantitative estimate of drug-likeness (QED) is 0.609. The van der Waals surface area contributed by atoms with Crippen LogP contribution in [0.2, 0.25) is 0 Å². The van der Waals surface area contributed by atoms with Gasteiger partial charge in [-0.15, -0.1) is 0 Å². The molecule has 0 radical (unpaired) electrons. The molecule has 0 aliphatic carbocycles. The van der Waals surface area contributed by atoms with Gasteiger partial charge in [0.25, 0.3) is 0 Å². The molecule has 4 heterocycles. The van der Waals surface area contributed by atoms with Crippen molar-refractivity contribution in [3.05, 3.63) is 30.0 Å². The molecule has 0 unspecified atom stereocenters. The first-order valence-corrected chi connectivity index (χ1v) is 6.23. The minimum absolute atomic E-state index is 0.160. The van der Waals surface area contributed by atoms with Crippen molar-refractivity contribution in [1.29, 1.82) is 0 Å². The minimum Gasteiger partial charge on any atom is -0.370 e. The number of aromatic nitrogens is 5. The van der Waals surface area contributed by atoms with Crippen LogP contribution < -0.4 is 0 Å². The zero-order valence-corrected chi connectivity index (χ0v) is 10.8. The van der Waals surface area contributed by atoms with Crippen molar-refractivity contribution in [1.82, 2.24) is 24.6 Å². The lowest BCUT2D eigenvalue weighted by atomic mass is 9.95. The van der Waals surface area contributed by atoms with Gasteiger partial charge in [0, 0.05) is 12.0 Å². The van der Waals surface area contributed by atoms with Gasteiger partial charge in [0.05, 0.1) is 23.3 Å². The average molecular weight is 255 g/mol. The van der Waals surface area contributed by atoms with Crippen molar-refractivity contribution in [2.75, 3.05) is 0 Å². The van der Waals surface area contributed by atoms with Crippen molar-refractivity contribution < 1.29 is 4.74 Å². The third-order valence-corrected chi connectivity index (χ3v) is 3.49. The highest BCUT2D eigenvalue weighted by Crippen LogP contribution is 2.29. The summed E-state index contributed by atoms with van der Waals surface area (Å²) >= 11 is 0. The lowest BCUT2D eigenvalue weighted by molar-refractivity contribution is -0.0411. The third-order valence-electron chi connectivity index (χ3n) is 3.49. The molecule has 3 aromatic heterocycles. The van der Waals surface area contributed by atoms with Crippen molar-refractivity contribution in [3.63, 3.8) is 0 Å². The molecule has 96 valence electrons. The first kappa shape index (κ1) is 10.8. The molecule has 19 heavy (non-hydrogen) atoms. The molecular weight excluding hydrogens is 242 g/mol. The highest BCUT2D eigenvalue weighted by atomic mass is 16.5. The zero-order valence-electron chi connectivity index (χ0n) is 10.8. The normalized spacial score (nSPS) is 17.8. The van der Waals surface area contributed by atoms with Crippen LogP contribution in [0.4, 0.5) is 0 Å². The molecule has 0 atom stereocenters. The van der Waals surface area contributed by atoms with E-state index in [1.807, 2.05) is 0 Å². The molecule has 3 aromatic rings. The maximum Gasteiger partial charge on any atom is 0.168 e. The number of ether oxygens (including phenoxy) is 1. The second kappa shape index (κ2) is 3.48. The molecule has 0 spiro atoms. The summed E-state index contributed by atoms with van der Waals surface area (Å²) in [4.78, 5) is 13.3. The number of fused-ring (bicyclic) bond motifs is 4. The van der Waals surface area contributed by atoms with Gasteiger partial charge < -0.3 is 4.74 Å². The molecule has 0 N–H and O–H groups in total. The van der Waals surface area contributed by atoms with Gasteiger partial charge in [0.1, 0.15) is 12.7 Å². The third kappa shape index (κ3) is 1.60. The molecule has 1 aliphatic rings. The van der Waals surface area contributed by atoms with E-state index in [1.54, 1.807) is 10.8 Å². The Morgan fingerprint density at radius 2 is 2.21 bits per heavy atom. The number of pyridine rings is 1. The SMILES string of the molecule is CC1(C)Cc2nc3ncn4ncnc4c3cc2CO1. The van der Waals surface area contributed by atoms with Crippen LogP contribution >= 0.6 is 0 Å². The van der Waals surface area contributed by atoms with Crippen molar-refractivity contribution in [3.8, 4) is 0 Å². The van der Waals surface area contributed by atoms with Crippen molar-refractivity contribution in [2.45, 2.75) is 32.5 Å². The van der Waals surface area contributed by atoms with Crippen LogP contribution in [0.15, 0.2) is 18.7 Å². The molecule has 6 heteroatoms. The molecule has 0 saturated heterocycles. The predicted octanol–water partition coefficient (Wildman–Crippen LogP) is 1.52. The van der Waals surface area contributed by atoms with E-state index in [0.717, 1.165) is 34.4 Å². The molecule has 0 amide bonds. The van der Waals surface area contributed by atoms with Crippen LogP contribution in [0.1, 0.15) is 25.1 Å². The maximum atomic E-state index is 5.83. The summed E-state index contributed by atoms with van der Waals surface area (Å²) in [5, 5.41) is 5.01. The van der Waals surface area contributed by atoms with E-state index in [-0.39, 0.29) is 5.60 Å². The van der Waals surface area contributed by atoms with Crippen LogP contribution in [0.5, 0.6) is 0 Å². The summed E-state index contributed by atoms with van der Waals surface area (Å²) in [6.45, 7) is 4.74. The lowest BCUT2D eigenvalue weighted by Gasteiger charge is -2.31. The summed E-state index contributed by atoms with van der Waals surface area (Å²) in [5.74, 6) is 0. The van der Waals surface area contributed by atoms with E-state index in [1.165, 1.54) is 6.33 Å². The van der Waals surface area contributed by atoms with Gasteiger partial charge in [-0.05, 0) is 19.9 Å². The highest BCUT2D eigenvalue weighted by Gasteiger charge is 2.27. The molecule has 4 rings (SSSR count). The number of rotatable bonds is 0. The van der Waals surface area contributed by atoms with Crippen LogP contribution in [-0.4, -0.2) is 30.2 Å². The standard InChI is InChI=1S/C13H13N5O/c1-13(2)4-10-8(5-19-13)3-9-11(17-10)15-7-18-12(9)14-6-16-18/h3,6-7H,4-5H2,1-2H3. The predicted molar refractivity (Wildman–Crippen MR) is 68.7 cm³/mol. The molecular formula is C13H13N5O. The largest absolute Gasteiger partial charge is 0.370 e. The molecule has 0 aromatic carbocycles. The van der Waals surface area contributed by atoms with Crippen molar-refractivity contribution in [2.24, 2.45) is 0 Å². The lowest BCUT2D eigenvalue weighted by Crippen LogP contribution is -2.32. The van der Waals surface area contributed by atoms with Crippen LogP contribution in [-0.2, 0) is 17.8 Å². The summed E-state index contributed by atoms with van der Waals surface area (Å²) < 4.78 is 7.49. The summed E-state index contributed by atoms with van der Waals surface area (Å²) in [7, 11) is 0. The first-order valence-electron chi connectivity index (χ1n) is 6.23. The second-order valence-electron chi connectivity index (χ2n) is 5.46. The Balaban J connectivity index is 2.01. The molecule has 6 nitrogen and oxygen atoms in total. The average Bonchev–Trinajstić information content (AvgIpc) is 2.84. The van der Waals surface area contributed by atoms with E-state index in [9.17, 15) is 0 Å². The van der Waals surface area contributed by atoms with E-state index in [2.05, 4.69) is 40.0 Å². The van der Waals surface area contributed by atoms with Gasteiger partial charge in [0.15, 0.2) is 11.3 Å². The van der Waals surface area contributed by atoms with Crippen LogP contribution in [0.25, 0.3) is 16.7 Å². The van der Waals surface area contributed by atoms with Crippen molar-refractivity contribution >= 4 is 16.7 Å². The number of hydrogen-bond donors (Lipinski definition) is 0. The van der Waals surface area contributed by atoms with Gasteiger partial charge in [-0.1, -0.05) is 0 Å². The number of nitrogens with zero attached hydrogens (tertiary/aromatic N) is 5. The molecule has 0 fully saturated rings. The fourth-order valence-electron chi connectivity index (χ4n) is 2.49. The minimum atomic E-state index is -0.160. The van der Waals surface area contributed by atoms with E-state index < -0.39 is 0 Å². The molecule has 1 aliphatic heterocycles. The van der Waals surface area contributed by atoms with Gasteiger partial charge in [0.2, 0.25) is 0 Å². The molecule has 0 saturated carbocycles. The summed E-state index contributed by atoms with van der Waals surface area (Å²) in [6, 6.07) is 2.07. The van der Waals surface area contributed by atoms with E-state index in [4.69, 9.17) is 4.74 Å². The fraction of sp³-hybridized carbons (Fsp3) is 0.385. The summed E-state index contributed by atoms with van der Waals surface area (Å²) in [5.41, 5.74) is 3.53. The Kier molecular flexibility index (Phi) is 1.98.